The molecule has 0 atom stereocenters. The van der Waals surface area contributed by atoms with Gasteiger partial charge in [0.15, 0.2) is 0 Å². The molecule has 0 aromatic heterocycles. The summed E-state index contributed by atoms with van der Waals surface area (Å²) < 4.78 is 0. The second-order valence-corrected chi connectivity index (χ2v) is 5.00. The predicted octanol–water partition coefficient (Wildman–Crippen LogP) is 1.86. The summed E-state index contributed by atoms with van der Waals surface area (Å²) in [5.74, 6) is 0. The zero-order chi connectivity index (χ0) is 11.2. The molecule has 0 saturated carbocycles. The van der Waals surface area contributed by atoms with Crippen molar-refractivity contribution >= 4 is 11.8 Å². The van der Waals surface area contributed by atoms with Crippen LogP contribution in [0.5, 0.6) is 0 Å². The van der Waals surface area contributed by atoms with Crippen molar-refractivity contribution in [3.8, 4) is 0 Å². The van der Waals surface area contributed by atoms with Gasteiger partial charge >= 0.3 is 0 Å². The molecule has 1 fully saturated rings. The minimum Gasteiger partial charge on any atom is -0.314 e. The lowest BCUT2D eigenvalue weighted by atomic mass is 10.1. The van der Waals surface area contributed by atoms with Gasteiger partial charge in [0.25, 0.3) is 0 Å². The van der Waals surface area contributed by atoms with Crippen LogP contribution < -0.4 is 5.32 Å². The van der Waals surface area contributed by atoms with Crippen molar-refractivity contribution in [2.24, 2.45) is 0 Å². The van der Waals surface area contributed by atoms with Crippen LogP contribution in [0.4, 0.5) is 0 Å². The standard InChI is InChI=1S/C13H20N2S/c1-16-13-5-3-2-4-12(13)6-9-15-10-7-14-8-11-15/h2-5,14H,6-11H2,1H3. The van der Waals surface area contributed by atoms with E-state index in [-0.39, 0.29) is 0 Å². The van der Waals surface area contributed by atoms with Crippen LogP contribution in [0.2, 0.25) is 0 Å². The SMILES string of the molecule is CSc1ccccc1CCN1CCNCC1. The van der Waals surface area contributed by atoms with E-state index < -0.39 is 0 Å². The number of hydrogen-bond donors (Lipinski definition) is 1. The van der Waals surface area contributed by atoms with E-state index in [9.17, 15) is 0 Å². The number of hydrogen-bond acceptors (Lipinski definition) is 3. The van der Waals surface area contributed by atoms with E-state index in [4.69, 9.17) is 0 Å². The summed E-state index contributed by atoms with van der Waals surface area (Å²) in [6, 6.07) is 8.75. The molecule has 0 aliphatic carbocycles. The Morgan fingerprint density at radius 3 is 2.75 bits per heavy atom. The molecule has 1 aliphatic rings. The second kappa shape index (κ2) is 6.28. The average Bonchev–Trinajstić information content (AvgIpc) is 2.38. The molecule has 0 spiro atoms. The molecule has 2 nitrogen and oxygen atoms in total. The molecule has 88 valence electrons. The maximum absolute atomic E-state index is 3.39. The zero-order valence-corrected chi connectivity index (χ0v) is 10.7. The van der Waals surface area contributed by atoms with Gasteiger partial charge in [-0.1, -0.05) is 18.2 Å². The molecule has 1 N–H and O–H groups in total. The third kappa shape index (κ3) is 3.24. The highest BCUT2D eigenvalue weighted by molar-refractivity contribution is 7.98. The first-order chi connectivity index (χ1) is 7.90. The van der Waals surface area contributed by atoms with E-state index >= 15 is 0 Å². The largest absolute Gasteiger partial charge is 0.314 e. The van der Waals surface area contributed by atoms with Crippen LogP contribution in [0, 0.1) is 0 Å². The molecule has 0 unspecified atom stereocenters. The smallest absolute Gasteiger partial charge is 0.0108 e. The normalized spacial score (nSPS) is 17.6. The van der Waals surface area contributed by atoms with Gasteiger partial charge in [-0.2, -0.15) is 0 Å². The lowest BCUT2D eigenvalue weighted by molar-refractivity contribution is 0.243. The number of piperazine rings is 1. The number of nitrogens with one attached hydrogen (secondary N) is 1. The minimum atomic E-state index is 1.14. The molecule has 1 aromatic carbocycles. The first-order valence-electron chi connectivity index (χ1n) is 5.95. The summed E-state index contributed by atoms with van der Waals surface area (Å²) >= 11 is 1.85. The van der Waals surface area contributed by atoms with Crippen LogP contribution >= 0.6 is 11.8 Å². The van der Waals surface area contributed by atoms with E-state index in [1.54, 1.807) is 0 Å². The molecule has 0 bridgehead atoms. The Kier molecular flexibility index (Phi) is 4.69. The Morgan fingerprint density at radius 2 is 2.00 bits per heavy atom. The Labute approximate surface area is 102 Å². The molecule has 2 rings (SSSR count). The van der Waals surface area contributed by atoms with E-state index in [1.165, 1.54) is 36.5 Å². The summed E-state index contributed by atoms with van der Waals surface area (Å²) in [5, 5.41) is 3.39. The number of benzene rings is 1. The van der Waals surface area contributed by atoms with Gasteiger partial charge in [0.2, 0.25) is 0 Å². The lowest BCUT2D eigenvalue weighted by Gasteiger charge is -2.27. The maximum atomic E-state index is 3.39. The number of rotatable bonds is 4. The highest BCUT2D eigenvalue weighted by Crippen LogP contribution is 2.20. The molecule has 16 heavy (non-hydrogen) atoms. The fourth-order valence-corrected chi connectivity index (χ4v) is 2.77. The zero-order valence-electron chi connectivity index (χ0n) is 9.91. The molecule has 3 heteroatoms. The van der Waals surface area contributed by atoms with Crippen molar-refractivity contribution in [2.45, 2.75) is 11.3 Å². The Morgan fingerprint density at radius 1 is 1.25 bits per heavy atom. The fraction of sp³-hybridized carbons (Fsp3) is 0.538. The van der Waals surface area contributed by atoms with E-state index in [1.807, 2.05) is 11.8 Å². The third-order valence-electron chi connectivity index (χ3n) is 3.10. The fourth-order valence-electron chi connectivity index (χ4n) is 2.12. The van der Waals surface area contributed by atoms with Gasteiger partial charge in [-0.15, -0.1) is 11.8 Å². The molecule has 1 aromatic rings. The maximum Gasteiger partial charge on any atom is 0.0108 e. The van der Waals surface area contributed by atoms with Crippen LogP contribution in [-0.4, -0.2) is 43.9 Å². The van der Waals surface area contributed by atoms with Crippen molar-refractivity contribution in [3.05, 3.63) is 29.8 Å². The van der Waals surface area contributed by atoms with Crippen LogP contribution in [0.25, 0.3) is 0 Å². The molecule has 0 amide bonds. The topological polar surface area (TPSA) is 15.3 Å². The Bertz CT molecular complexity index is 321. The highest BCUT2D eigenvalue weighted by Gasteiger charge is 2.09. The van der Waals surface area contributed by atoms with Crippen molar-refractivity contribution in [1.29, 1.82) is 0 Å². The van der Waals surface area contributed by atoms with Gasteiger partial charge < -0.3 is 10.2 Å². The number of thioether (sulfide) groups is 1. The van der Waals surface area contributed by atoms with Gasteiger partial charge in [0.1, 0.15) is 0 Å². The van der Waals surface area contributed by atoms with Crippen LogP contribution in [0.3, 0.4) is 0 Å². The first-order valence-corrected chi connectivity index (χ1v) is 7.17. The summed E-state index contributed by atoms with van der Waals surface area (Å²) in [6.07, 6.45) is 3.33. The molecule has 0 radical (unpaired) electrons. The summed E-state index contributed by atoms with van der Waals surface area (Å²) in [6.45, 7) is 5.87. The van der Waals surface area contributed by atoms with Gasteiger partial charge in [0.05, 0.1) is 0 Å². The van der Waals surface area contributed by atoms with Crippen LogP contribution in [0.15, 0.2) is 29.2 Å². The summed E-state index contributed by atoms with van der Waals surface area (Å²) in [7, 11) is 0. The molecular formula is C13H20N2S. The van der Waals surface area contributed by atoms with Gasteiger partial charge in [-0.05, 0) is 24.3 Å². The first kappa shape index (κ1) is 12.0. The van der Waals surface area contributed by atoms with Gasteiger partial charge in [0, 0.05) is 37.6 Å². The summed E-state index contributed by atoms with van der Waals surface area (Å²) in [5.41, 5.74) is 1.49. The van der Waals surface area contributed by atoms with E-state index in [0.717, 1.165) is 13.1 Å². The van der Waals surface area contributed by atoms with Crippen molar-refractivity contribution in [1.82, 2.24) is 10.2 Å². The Hall–Kier alpha value is -0.510. The van der Waals surface area contributed by atoms with E-state index in [2.05, 4.69) is 40.7 Å². The monoisotopic (exact) mass is 236 g/mol. The van der Waals surface area contributed by atoms with Crippen molar-refractivity contribution in [3.63, 3.8) is 0 Å². The van der Waals surface area contributed by atoms with Crippen molar-refractivity contribution in [2.75, 3.05) is 39.0 Å². The molecule has 1 saturated heterocycles. The lowest BCUT2D eigenvalue weighted by Crippen LogP contribution is -2.44. The highest BCUT2D eigenvalue weighted by atomic mass is 32.2. The van der Waals surface area contributed by atoms with Gasteiger partial charge in [-0.25, -0.2) is 0 Å². The average molecular weight is 236 g/mol. The molecule has 1 heterocycles. The van der Waals surface area contributed by atoms with Crippen LogP contribution in [0.1, 0.15) is 5.56 Å². The Balaban J connectivity index is 1.88. The van der Waals surface area contributed by atoms with Crippen molar-refractivity contribution < 1.29 is 0 Å². The summed E-state index contributed by atoms with van der Waals surface area (Å²) in [4.78, 5) is 3.98. The molecule has 1 aliphatic heterocycles. The number of nitrogens with zero attached hydrogens (tertiary/aromatic N) is 1. The van der Waals surface area contributed by atoms with Gasteiger partial charge in [-0.3, -0.25) is 0 Å². The second-order valence-electron chi connectivity index (χ2n) is 4.15. The minimum absolute atomic E-state index is 1.14. The van der Waals surface area contributed by atoms with E-state index in [0.29, 0.717) is 0 Å². The predicted molar refractivity (Wildman–Crippen MR) is 71.2 cm³/mol. The quantitative estimate of drug-likeness (QED) is 0.803. The third-order valence-corrected chi connectivity index (χ3v) is 3.94. The van der Waals surface area contributed by atoms with Crippen LogP contribution in [-0.2, 0) is 6.42 Å². The molecular weight excluding hydrogens is 216 g/mol.